The Kier molecular flexibility index (Phi) is 2.79. The molecular weight excluding hydrogens is 138 g/mol. The predicted octanol–water partition coefficient (Wildman–Crippen LogP) is -2.16. The summed E-state index contributed by atoms with van der Waals surface area (Å²) in [4.78, 5) is 0. The Balaban J connectivity index is 4.40. The number of hydrogen-bond acceptors (Lipinski definition) is 5. The number of rotatable bonds is 2. The number of hydrogen-bond donors (Lipinski definition) is 5. The second kappa shape index (κ2) is 2.98. The lowest BCUT2D eigenvalue weighted by molar-refractivity contribution is -0.267. The fourth-order valence-corrected chi connectivity index (χ4v) is 0.362. The summed E-state index contributed by atoms with van der Waals surface area (Å²) < 4.78 is 0. The normalized spacial score (nSPS) is 14.4. The first-order valence-electron chi connectivity index (χ1n) is 2.66. The van der Waals surface area contributed by atoms with Gasteiger partial charge in [0.15, 0.2) is 0 Å². The summed E-state index contributed by atoms with van der Waals surface area (Å²) in [5, 5.41) is 34.1. The van der Waals surface area contributed by atoms with Gasteiger partial charge >= 0.3 is 0 Å². The van der Waals surface area contributed by atoms with E-state index in [1.54, 1.807) is 0 Å². The van der Waals surface area contributed by atoms with Gasteiger partial charge in [0.1, 0.15) is 0 Å². The molecule has 0 aliphatic heterocycles. The molecule has 5 heteroatoms. The number of aliphatic hydroxyl groups is 4. The molecule has 0 unspecified atom stereocenters. The van der Waals surface area contributed by atoms with Crippen molar-refractivity contribution >= 4 is 0 Å². The summed E-state index contributed by atoms with van der Waals surface area (Å²) >= 11 is 0. The monoisotopic (exact) mass is 149 g/mol. The Morgan fingerprint density at radius 1 is 1.50 bits per heavy atom. The molecule has 5 nitrogen and oxygen atoms in total. The van der Waals surface area contributed by atoms with Gasteiger partial charge in [-0.2, -0.15) is 0 Å². The first-order chi connectivity index (χ1) is 4.42. The van der Waals surface area contributed by atoms with E-state index in [0.717, 1.165) is 0 Å². The fraction of sp³-hybridized carbons (Fsp3) is 0.600. The molecule has 0 saturated carbocycles. The Labute approximate surface area is 58.0 Å². The molecule has 6 N–H and O–H groups in total. The highest BCUT2D eigenvalue weighted by Gasteiger charge is 2.34. The molecule has 0 radical (unpaired) electrons. The summed E-state index contributed by atoms with van der Waals surface area (Å²) in [6.45, 7) is 1.44. The zero-order valence-corrected chi connectivity index (χ0v) is 5.52. The summed E-state index contributed by atoms with van der Waals surface area (Å²) in [5.41, 5.74) is 4.59. The van der Waals surface area contributed by atoms with Crippen molar-refractivity contribution in [3.05, 3.63) is 11.8 Å². The van der Waals surface area contributed by atoms with Crippen LogP contribution in [0.15, 0.2) is 11.8 Å². The van der Waals surface area contributed by atoms with E-state index in [0.29, 0.717) is 0 Å². The summed E-state index contributed by atoms with van der Waals surface area (Å²) in [5.74, 6) is -2.74. The molecule has 0 heterocycles. The highest BCUT2D eigenvalue weighted by atomic mass is 16.6. The van der Waals surface area contributed by atoms with Gasteiger partial charge in [-0.1, -0.05) is 6.08 Å². The van der Waals surface area contributed by atoms with Crippen molar-refractivity contribution in [1.29, 1.82) is 0 Å². The van der Waals surface area contributed by atoms with Gasteiger partial charge in [-0.05, 0) is 6.92 Å². The van der Waals surface area contributed by atoms with Crippen LogP contribution in [0.4, 0.5) is 0 Å². The smallest absolute Gasteiger partial charge is 0.257 e. The number of nitrogens with two attached hydrogens (primary N) is 1. The van der Waals surface area contributed by atoms with Crippen molar-refractivity contribution in [2.45, 2.75) is 19.0 Å². The molecular formula is C5H11NO4. The number of aliphatic hydroxyl groups excluding tert-OH is 1. The van der Waals surface area contributed by atoms with Gasteiger partial charge in [0.05, 0.1) is 5.70 Å². The quantitative estimate of drug-likeness (QED) is 0.287. The lowest BCUT2D eigenvalue weighted by Gasteiger charge is -2.23. The first-order valence-corrected chi connectivity index (χ1v) is 2.66. The van der Waals surface area contributed by atoms with Crippen LogP contribution in [0.1, 0.15) is 6.92 Å². The van der Waals surface area contributed by atoms with Crippen molar-refractivity contribution in [3.8, 4) is 0 Å². The molecule has 10 heavy (non-hydrogen) atoms. The maximum atomic E-state index is 8.72. The molecule has 0 amide bonds. The maximum absolute atomic E-state index is 8.72. The van der Waals surface area contributed by atoms with Gasteiger partial charge in [0.2, 0.25) is 6.29 Å². The molecule has 0 aromatic heterocycles. The van der Waals surface area contributed by atoms with E-state index < -0.39 is 17.8 Å². The number of allylic oxidation sites excluding steroid dienone is 1. The molecule has 0 fully saturated rings. The molecule has 0 aromatic carbocycles. The Morgan fingerprint density at radius 2 is 1.90 bits per heavy atom. The third-order valence-corrected chi connectivity index (χ3v) is 1.10. The average Bonchev–Trinajstić information content (AvgIpc) is 1.86. The van der Waals surface area contributed by atoms with Crippen molar-refractivity contribution in [1.82, 2.24) is 0 Å². The fourth-order valence-electron chi connectivity index (χ4n) is 0.362. The third kappa shape index (κ3) is 1.68. The largest absolute Gasteiger partial charge is 0.398 e. The van der Waals surface area contributed by atoms with Crippen LogP contribution in [0, 0.1) is 0 Å². The van der Waals surface area contributed by atoms with E-state index in [1.165, 1.54) is 13.0 Å². The lowest BCUT2D eigenvalue weighted by Crippen LogP contribution is -2.46. The van der Waals surface area contributed by atoms with Gasteiger partial charge in [0, 0.05) is 0 Å². The molecule has 0 bridgehead atoms. The van der Waals surface area contributed by atoms with Crippen LogP contribution in [0.3, 0.4) is 0 Å². The molecule has 0 atom stereocenters. The van der Waals surface area contributed by atoms with E-state index in [1.807, 2.05) is 0 Å². The van der Waals surface area contributed by atoms with Gasteiger partial charge < -0.3 is 26.2 Å². The zero-order valence-electron chi connectivity index (χ0n) is 5.52. The summed E-state index contributed by atoms with van der Waals surface area (Å²) in [6, 6.07) is 0. The lowest BCUT2D eigenvalue weighted by atomic mass is 10.2. The van der Waals surface area contributed by atoms with Crippen molar-refractivity contribution in [2.75, 3.05) is 0 Å². The SMILES string of the molecule is C/C=C(\N)C(O)(O)C(O)O. The van der Waals surface area contributed by atoms with Crippen molar-refractivity contribution < 1.29 is 20.4 Å². The Morgan fingerprint density at radius 3 is 2.00 bits per heavy atom. The molecule has 0 rings (SSSR count). The van der Waals surface area contributed by atoms with E-state index in [-0.39, 0.29) is 0 Å². The Hall–Kier alpha value is -0.620. The molecule has 0 aliphatic rings. The minimum Gasteiger partial charge on any atom is -0.398 e. The minimum atomic E-state index is -2.74. The van der Waals surface area contributed by atoms with Crippen LogP contribution in [-0.2, 0) is 0 Å². The molecule has 0 saturated heterocycles. The predicted molar refractivity (Wildman–Crippen MR) is 33.3 cm³/mol. The van der Waals surface area contributed by atoms with Crippen molar-refractivity contribution in [2.24, 2.45) is 5.73 Å². The van der Waals surface area contributed by atoms with Crippen LogP contribution < -0.4 is 5.73 Å². The van der Waals surface area contributed by atoms with E-state index in [4.69, 9.17) is 26.2 Å². The van der Waals surface area contributed by atoms with Gasteiger partial charge in [-0.25, -0.2) is 0 Å². The molecule has 0 aliphatic carbocycles. The van der Waals surface area contributed by atoms with E-state index in [9.17, 15) is 0 Å². The van der Waals surface area contributed by atoms with Crippen LogP contribution in [0.5, 0.6) is 0 Å². The summed E-state index contributed by atoms with van der Waals surface area (Å²) in [7, 11) is 0. The van der Waals surface area contributed by atoms with Crippen LogP contribution in [0.2, 0.25) is 0 Å². The highest BCUT2D eigenvalue weighted by molar-refractivity contribution is 5.06. The molecule has 0 spiro atoms. The van der Waals surface area contributed by atoms with E-state index >= 15 is 0 Å². The van der Waals surface area contributed by atoms with Crippen LogP contribution in [0.25, 0.3) is 0 Å². The second-order valence-electron chi connectivity index (χ2n) is 1.84. The van der Waals surface area contributed by atoms with Crippen molar-refractivity contribution in [3.63, 3.8) is 0 Å². The van der Waals surface area contributed by atoms with Gasteiger partial charge in [-0.3, -0.25) is 0 Å². The van der Waals surface area contributed by atoms with Crippen LogP contribution in [-0.4, -0.2) is 32.5 Å². The second-order valence-corrected chi connectivity index (χ2v) is 1.84. The standard InChI is InChI=1S/C5H11NO4/c1-2-3(6)5(9,10)4(7)8/h2,4,7-10H,6H2,1H3/b3-2-. The summed E-state index contributed by atoms with van der Waals surface area (Å²) in [6.07, 6.45) is -1.12. The molecule has 60 valence electrons. The molecule has 0 aromatic rings. The third-order valence-electron chi connectivity index (χ3n) is 1.10. The maximum Gasteiger partial charge on any atom is 0.257 e. The zero-order chi connectivity index (χ0) is 8.36. The first kappa shape index (κ1) is 9.38. The topological polar surface area (TPSA) is 107 Å². The Bertz CT molecular complexity index is 141. The van der Waals surface area contributed by atoms with Gasteiger partial charge in [-0.15, -0.1) is 0 Å². The van der Waals surface area contributed by atoms with Gasteiger partial charge in [0.25, 0.3) is 5.79 Å². The van der Waals surface area contributed by atoms with Crippen LogP contribution >= 0.6 is 0 Å². The van der Waals surface area contributed by atoms with E-state index in [2.05, 4.69) is 0 Å². The highest BCUT2D eigenvalue weighted by Crippen LogP contribution is 2.10. The average molecular weight is 149 g/mol. The minimum absolute atomic E-state index is 0.400.